The van der Waals surface area contributed by atoms with E-state index in [1.165, 1.54) is 0 Å². The van der Waals surface area contributed by atoms with E-state index in [9.17, 15) is 0 Å². The molecule has 2 aromatic rings. The highest BCUT2D eigenvalue weighted by Crippen LogP contribution is 2.08. The lowest BCUT2D eigenvalue weighted by molar-refractivity contribution is 1.03. The average molecular weight is 253 g/mol. The zero-order valence-electron chi connectivity index (χ0n) is 7.37. The zero-order valence-corrected chi connectivity index (χ0v) is 8.95. The number of nitrogens with one attached hydrogen (secondary N) is 2. The Balaban J connectivity index is 1.95. The van der Waals surface area contributed by atoms with Crippen LogP contribution in [-0.2, 0) is 6.54 Å². The molecule has 2 heterocycles. The maximum Gasteiger partial charge on any atom is 0.123 e. The van der Waals surface area contributed by atoms with E-state index in [0.717, 1.165) is 16.0 Å². The van der Waals surface area contributed by atoms with Crippen LogP contribution in [0.25, 0.3) is 0 Å². The lowest BCUT2D eigenvalue weighted by atomic mass is 10.3. The first-order valence-electron chi connectivity index (χ1n) is 4.17. The highest BCUT2D eigenvalue weighted by Gasteiger charge is 1.95. The van der Waals surface area contributed by atoms with Gasteiger partial charge >= 0.3 is 0 Å². The largest absolute Gasteiger partial charge is 0.365 e. The third kappa shape index (κ3) is 2.32. The van der Waals surface area contributed by atoms with Crippen LogP contribution in [0.3, 0.4) is 0 Å². The Kier molecular flexibility index (Phi) is 2.78. The first-order chi connectivity index (χ1) is 6.84. The summed E-state index contributed by atoms with van der Waals surface area (Å²) in [5, 5.41) is 3.16. The van der Waals surface area contributed by atoms with E-state index in [4.69, 9.17) is 0 Å². The summed E-state index contributed by atoms with van der Waals surface area (Å²) in [7, 11) is 0. The molecule has 0 fully saturated rings. The second kappa shape index (κ2) is 4.23. The van der Waals surface area contributed by atoms with Crippen LogP contribution < -0.4 is 5.32 Å². The lowest BCUT2D eigenvalue weighted by Gasteiger charge is -2.02. The number of pyridine rings is 1. The predicted molar refractivity (Wildman–Crippen MR) is 57.9 cm³/mol. The van der Waals surface area contributed by atoms with Crippen LogP contribution in [0.4, 0.5) is 5.82 Å². The first kappa shape index (κ1) is 9.21. The lowest BCUT2D eigenvalue weighted by Crippen LogP contribution is -2.01. The summed E-state index contributed by atoms with van der Waals surface area (Å²) in [5.74, 6) is 0.898. The van der Waals surface area contributed by atoms with Crippen molar-refractivity contribution in [3.8, 4) is 0 Å². The fraction of sp³-hybridized carbons (Fsp3) is 0.111. The molecular formula is C9H9BrN4. The van der Waals surface area contributed by atoms with E-state index < -0.39 is 0 Å². The minimum Gasteiger partial charge on any atom is -0.365 e. The van der Waals surface area contributed by atoms with Crippen molar-refractivity contribution in [3.63, 3.8) is 0 Å². The minimum absolute atomic E-state index is 0.690. The van der Waals surface area contributed by atoms with Crippen molar-refractivity contribution in [1.29, 1.82) is 0 Å². The molecule has 0 saturated heterocycles. The smallest absolute Gasteiger partial charge is 0.123 e. The molecule has 2 rings (SSSR count). The predicted octanol–water partition coefficient (Wildman–Crippen LogP) is 2.18. The summed E-state index contributed by atoms with van der Waals surface area (Å²) in [5.41, 5.74) is 0.989. The Labute approximate surface area is 89.9 Å². The molecule has 0 bridgehead atoms. The van der Waals surface area contributed by atoms with E-state index in [2.05, 4.69) is 36.2 Å². The molecular weight excluding hydrogens is 244 g/mol. The van der Waals surface area contributed by atoms with Gasteiger partial charge in [-0.25, -0.2) is 4.98 Å². The molecule has 72 valence electrons. The van der Waals surface area contributed by atoms with Gasteiger partial charge in [-0.3, -0.25) is 4.98 Å². The molecule has 2 N–H and O–H groups in total. The van der Waals surface area contributed by atoms with E-state index in [0.29, 0.717) is 6.54 Å². The molecule has 0 aliphatic carbocycles. The van der Waals surface area contributed by atoms with Crippen molar-refractivity contribution in [2.24, 2.45) is 0 Å². The van der Waals surface area contributed by atoms with Gasteiger partial charge < -0.3 is 10.3 Å². The number of hydrogen-bond acceptors (Lipinski definition) is 3. The van der Waals surface area contributed by atoms with Gasteiger partial charge in [0.05, 0.1) is 24.8 Å². The number of aromatic amines is 1. The molecule has 0 aliphatic heterocycles. The summed E-state index contributed by atoms with van der Waals surface area (Å²) in [4.78, 5) is 11.1. The van der Waals surface area contributed by atoms with Crippen LogP contribution >= 0.6 is 15.9 Å². The Bertz CT molecular complexity index is 382. The topological polar surface area (TPSA) is 53.6 Å². The van der Waals surface area contributed by atoms with Crippen molar-refractivity contribution < 1.29 is 0 Å². The quantitative estimate of drug-likeness (QED) is 0.881. The normalized spacial score (nSPS) is 10.1. The van der Waals surface area contributed by atoms with Crippen molar-refractivity contribution >= 4 is 21.7 Å². The molecule has 5 heteroatoms. The van der Waals surface area contributed by atoms with Gasteiger partial charge in [-0.1, -0.05) is 0 Å². The Morgan fingerprint density at radius 2 is 2.29 bits per heavy atom. The van der Waals surface area contributed by atoms with E-state index >= 15 is 0 Å². The van der Waals surface area contributed by atoms with Crippen LogP contribution in [0.1, 0.15) is 5.69 Å². The summed E-state index contributed by atoms with van der Waals surface area (Å²) in [6.07, 6.45) is 5.15. The van der Waals surface area contributed by atoms with E-state index in [1.54, 1.807) is 18.7 Å². The number of H-pyrrole nitrogens is 1. The fourth-order valence-corrected chi connectivity index (χ4v) is 1.28. The number of aromatic nitrogens is 3. The third-order valence-electron chi connectivity index (χ3n) is 1.75. The number of hydrogen-bond donors (Lipinski definition) is 2. The van der Waals surface area contributed by atoms with E-state index in [-0.39, 0.29) is 0 Å². The minimum atomic E-state index is 0.690. The second-order valence-corrected chi connectivity index (χ2v) is 3.70. The first-order valence-corrected chi connectivity index (χ1v) is 4.96. The van der Waals surface area contributed by atoms with Gasteiger partial charge in [0.2, 0.25) is 0 Å². The van der Waals surface area contributed by atoms with Gasteiger partial charge in [0.1, 0.15) is 5.82 Å². The second-order valence-electron chi connectivity index (χ2n) is 2.79. The summed E-state index contributed by atoms with van der Waals surface area (Å²) in [6, 6.07) is 3.93. The molecule has 0 radical (unpaired) electrons. The summed E-state index contributed by atoms with van der Waals surface area (Å²) >= 11 is 3.34. The van der Waals surface area contributed by atoms with Gasteiger partial charge in [-0.15, -0.1) is 0 Å². The number of nitrogens with zero attached hydrogens (tertiary/aromatic N) is 2. The van der Waals surface area contributed by atoms with Gasteiger partial charge in [0, 0.05) is 10.7 Å². The molecule has 0 aliphatic rings. The van der Waals surface area contributed by atoms with Crippen LogP contribution in [0.5, 0.6) is 0 Å². The van der Waals surface area contributed by atoms with Crippen molar-refractivity contribution in [3.05, 3.63) is 41.0 Å². The van der Waals surface area contributed by atoms with Crippen LogP contribution in [-0.4, -0.2) is 15.0 Å². The molecule has 0 spiro atoms. The van der Waals surface area contributed by atoms with Gasteiger partial charge in [0.25, 0.3) is 0 Å². The third-order valence-corrected chi connectivity index (χ3v) is 2.22. The van der Waals surface area contributed by atoms with Crippen LogP contribution in [0.2, 0.25) is 0 Å². The number of halogens is 1. The number of rotatable bonds is 3. The highest BCUT2D eigenvalue weighted by atomic mass is 79.9. The monoisotopic (exact) mass is 252 g/mol. The molecule has 0 aromatic carbocycles. The highest BCUT2D eigenvalue weighted by molar-refractivity contribution is 9.10. The molecule has 0 unspecified atom stereocenters. The Morgan fingerprint density at radius 1 is 1.36 bits per heavy atom. The standard InChI is InChI=1S/C9H9BrN4/c10-7-1-2-8(12-3-7)4-13-9-5-11-6-14-9/h1-3,5-6,13H,4H2,(H,11,14). The van der Waals surface area contributed by atoms with Crippen LogP contribution in [0.15, 0.2) is 35.3 Å². The fourth-order valence-electron chi connectivity index (χ4n) is 1.05. The maximum absolute atomic E-state index is 4.23. The SMILES string of the molecule is Brc1ccc(CNc2cnc[nH]2)nc1. The number of imidazole rings is 1. The van der Waals surface area contributed by atoms with Crippen LogP contribution in [0, 0.1) is 0 Å². The Morgan fingerprint density at radius 3 is 2.93 bits per heavy atom. The molecule has 14 heavy (non-hydrogen) atoms. The van der Waals surface area contributed by atoms with Crippen molar-refractivity contribution in [1.82, 2.24) is 15.0 Å². The van der Waals surface area contributed by atoms with Crippen molar-refractivity contribution in [2.75, 3.05) is 5.32 Å². The molecule has 0 atom stereocenters. The average Bonchev–Trinajstić information content (AvgIpc) is 2.70. The molecule has 2 aromatic heterocycles. The van der Waals surface area contributed by atoms with Gasteiger partial charge in [-0.05, 0) is 28.1 Å². The maximum atomic E-state index is 4.23. The summed E-state index contributed by atoms with van der Waals surface area (Å²) < 4.78 is 0.989. The Hall–Kier alpha value is -1.36. The number of anilines is 1. The molecule has 0 saturated carbocycles. The summed E-state index contributed by atoms with van der Waals surface area (Å²) in [6.45, 7) is 0.690. The molecule has 0 amide bonds. The molecule has 4 nitrogen and oxygen atoms in total. The van der Waals surface area contributed by atoms with Crippen molar-refractivity contribution in [2.45, 2.75) is 6.54 Å². The zero-order chi connectivity index (χ0) is 9.80. The van der Waals surface area contributed by atoms with Gasteiger partial charge in [-0.2, -0.15) is 0 Å². The van der Waals surface area contributed by atoms with E-state index in [1.807, 2.05) is 12.1 Å². The van der Waals surface area contributed by atoms with Gasteiger partial charge in [0.15, 0.2) is 0 Å².